The van der Waals surface area contributed by atoms with Crippen LogP contribution in [-0.4, -0.2) is 33.5 Å². The highest BCUT2D eigenvalue weighted by molar-refractivity contribution is 5.66. The minimum Gasteiger partial charge on any atom is -0.481 e. The first-order valence-electron chi connectivity index (χ1n) is 9.80. The summed E-state index contributed by atoms with van der Waals surface area (Å²) in [6.07, 6.45) is 14.6. The van der Waals surface area contributed by atoms with Crippen molar-refractivity contribution in [1.29, 1.82) is 0 Å². The van der Waals surface area contributed by atoms with Crippen molar-refractivity contribution in [2.45, 2.75) is 96.2 Å². The number of aliphatic carboxylic acids is 1. The molecule has 140 valence electrons. The zero-order valence-corrected chi connectivity index (χ0v) is 15.2. The monoisotopic (exact) mass is 340 g/mol. The molecule has 4 heteroatoms. The predicted molar refractivity (Wildman–Crippen MR) is 96.8 cm³/mol. The third-order valence-corrected chi connectivity index (χ3v) is 5.20. The summed E-state index contributed by atoms with van der Waals surface area (Å²) in [6.45, 7) is 2.16. The fraction of sp³-hybridized carbons (Fsp3) is 0.850. The van der Waals surface area contributed by atoms with Crippen LogP contribution in [0.5, 0.6) is 0 Å². The Labute approximate surface area is 147 Å². The minimum absolute atomic E-state index is 0.226. The van der Waals surface area contributed by atoms with E-state index in [0.717, 1.165) is 64.2 Å². The highest BCUT2D eigenvalue weighted by atomic mass is 16.4. The van der Waals surface area contributed by atoms with E-state index in [1.165, 1.54) is 6.42 Å². The number of aliphatic hydroxyl groups is 2. The zero-order valence-electron chi connectivity index (χ0n) is 15.2. The Kier molecular flexibility index (Phi) is 11.0. The fourth-order valence-electron chi connectivity index (χ4n) is 3.70. The first-order valence-corrected chi connectivity index (χ1v) is 9.80. The van der Waals surface area contributed by atoms with Crippen LogP contribution in [0.1, 0.15) is 84.0 Å². The molecule has 0 aromatic carbocycles. The average Bonchev–Trinajstić information content (AvgIpc) is 2.89. The van der Waals surface area contributed by atoms with Crippen molar-refractivity contribution >= 4 is 5.97 Å². The van der Waals surface area contributed by atoms with Crippen molar-refractivity contribution in [3.63, 3.8) is 0 Å². The van der Waals surface area contributed by atoms with E-state index >= 15 is 0 Å². The Morgan fingerprint density at radius 2 is 1.88 bits per heavy atom. The van der Waals surface area contributed by atoms with Crippen LogP contribution in [0.15, 0.2) is 12.2 Å². The van der Waals surface area contributed by atoms with Gasteiger partial charge in [-0.05, 0) is 43.9 Å². The number of hydrogen-bond acceptors (Lipinski definition) is 3. The summed E-state index contributed by atoms with van der Waals surface area (Å²) in [5.74, 6) is -0.0488. The molecule has 4 nitrogen and oxygen atoms in total. The maximum Gasteiger partial charge on any atom is 0.303 e. The Balaban J connectivity index is 2.27. The lowest BCUT2D eigenvalue weighted by Crippen LogP contribution is -2.18. The average molecular weight is 341 g/mol. The van der Waals surface area contributed by atoms with Gasteiger partial charge in [-0.25, -0.2) is 0 Å². The van der Waals surface area contributed by atoms with Gasteiger partial charge in [-0.15, -0.1) is 0 Å². The van der Waals surface area contributed by atoms with Crippen LogP contribution < -0.4 is 0 Å². The van der Waals surface area contributed by atoms with E-state index in [9.17, 15) is 15.0 Å². The number of hydrogen-bond donors (Lipinski definition) is 3. The van der Waals surface area contributed by atoms with Gasteiger partial charge in [0.1, 0.15) is 0 Å². The van der Waals surface area contributed by atoms with Crippen molar-refractivity contribution in [3.8, 4) is 0 Å². The molecule has 0 aromatic heterocycles. The van der Waals surface area contributed by atoms with Crippen LogP contribution in [0.4, 0.5) is 0 Å². The van der Waals surface area contributed by atoms with E-state index in [1.54, 1.807) is 0 Å². The number of allylic oxidation sites excluding steroid dienone is 1. The quantitative estimate of drug-likeness (QED) is 0.345. The normalized spacial score (nSPS) is 25.4. The number of carboxylic acid groups (broad SMARTS) is 1. The highest BCUT2D eigenvalue weighted by Gasteiger charge is 2.32. The van der Waals surface area contributed by atoms with Crippen molar-refractivity contribution in [1.82, 2.24) is 0 Å². The minimum atomic E-state index is -0.719. The molecule has 1 aliphatic carbocycles. The largest absolute Gasteiger partial charge is 0.481 e. The molecule has 0 saturated heterocycles. The van der Waals surface area contributed by atoms with E-state index in [-0.39, 0.29) is 18.6 Å². The molecule has 1 rings (SSSR count). The van der Waals surface area contributed by atoms with E-state index in [0.29, 0.717) is 11.8 Å². The van der Waals surface area contributed by atoms with Crippen LogP contribution in [0.2, 0.25) is 0 Å². The predicted octanol–water partition coefficient (Wildman–Crippen LogP) is 4.30. The second kappa shape index (κ2) is 12.5. The van der Waals surface area contributed by atoms with Crippen LogP contribution in [-0.2, 0) is 4.79 Å². The Morgan fingerprint density at radius 3 is 2.58 bits per heavy atom. The summed E-state index contributed by atoms with van der Waals surface area (Å²) in [5, 5.41) is 28.8. The molecule has 0 radical (unpaired) electrons. The van der Waals surface area contributed by atoms with Gasteiger partial charge in [0.15, 0.2) is 0 Å². The van der Waals surface area contributed by atoms with Crippen LogP contribution in [0, 0.1) is 11.8 Å². The number of unbranched alkanes of at least 4 members (excludes halogenated alkanes) is 5. The number of rotatable bonds is 13. The van der Waals surface area contributed by atoms with Crippen LogP contribution in [0.25, 0.3) is 0 Å². The summed E-state index contributed by atoms with van der Waals surface area (Å²) in [7, 11) is 0. The maximum absolute atomic E-state index is 10.5. The van der Waals surface area contributed by atoms with E-state index in [4.69, 9.17) is 5.11 Å². The highest BCUT2D eigenvalue weighted by Crippen LogP contribution is 2.36. The Bertz CT molecular complexity index is 367. The van der Waals surface area contributed by atoms with Gasteiger partial charge in [0, 0.05) is 6.42 Å². The Morgan fingerprint density at radius 1 is 1.12 bits per heavy atom. The molecule has 1 fully saturated rings. The number of carboxylic acids is 1. The standard InChI is InChI=1S/C20H36O4/c1-2-3-6-9-17(21)14-12-16-13-15-19(22)18(16)10-7-4-5-8-11-20(23)24/h12,14,16-19,21-22H,2-11,13,15H2,1H3,(H,23,24)/b14-12+/t16-,17-,18+,19-/m0/s1. The third-order valence-electron chi connectivity index (χ3n) is 5.20. The molecule has 0 bridgehead atoms. The molecule has 0 spiro atoms. The number of aliphatic hydroxyl groups excluding tert-OH is 2. The third kappa shape index (κ3) is 8.84. The fourth-order valence-corrected chi connectivity index (χ4v) is 3.70. The summed E-state index contributed by atoms with van der Waals surface area (Å²) >= 11 is 0. The second-order valence-electron chi connectivity index (χ2n) is 7.27. The molecule has 4 atom stereocenters. The van der Waals surface area contributed by atoms with Gasteiger partial charge >= 0.3 is 5.97 Å². The summed E-state index contributed by atoms with van der Waals surface area (Å²) in [6, 6.07) is 0. The molecule has 1 aliphatic rings. The lowest BCUT2D eigenvalue weighted by Gasteiger charge is -2.20. The van der Waals surface area contributed by atoms with Gasteiger partial charge in [0.25, 0.3) is 0 Å². The lowest BCUT2D eigenvalue weighted by molar-refractivity contribution is -0.137. The lowest BCUT2D eigenvalue weighted by atomic mass is 9.88. The molecular formula is C20H36O4. The molecule has 0 aromatic rings. The van der Waals surface area contributed by atoms with Crippen molar-refractivity contribution in [3.05, 3.63) is 12.2 Å². The van der Waals surface area contributed by atoms with Crippen molar-refractivity contribution in [2.24, 2.45) is 11.8 Å². The molecule has 0 unspecified atom stereocenters. The SMILES string of the molecule is CCCCC[C@H](O)/C=C/[C@H]1CC[C@H](O)[C@@H]1CCCCCCC(=O)O. The van der Waals surface area contributed by atoms with E-state index in [2.05, 4.69) is 13.0 Å². The first-order chi connectivity index (χ1) is 11.5. The molecule has 24 heavy (non-hydrogen) atoms. The maximum atomic E-state index is 10.5. The molecule has 0 aliphatic heterocycles. The second-order valence-corrected chi connectivity index (χ2v) is 7.27. The summed E-state index contributed by atoms with van der Waals surface area (Å²) < 4.78 is 0. The molecule has 3 N–H and O–H groups in total. The smallest absolute Gasteiger partial charge is 0.303 e. The van der Waals surface area contributed by atoms with Gasteiger partial charge in [0.05, 0.1) is 12.2 Å². The summed E-state index contributed by atoms with van der Waals surface area (Å²) in [5.41, 5.74) is 0. The Hall–Kier alpha value is -0.870. The van der Waals surface area contributed by atoms with Gasteiger partial charge in [0.2, 0.25) is 0 Å². The molecular weight excluding hydrogens is 304 g/mol. The van der Waals surface area contributed by atoms with Gasteiger partial charge in [-0.3, -0.25) is 4.79 Å². The first kappa shape index (κ1) is 21.2. The molecule has 0 amide bonds. The zero-order chi connectivity index (χ0) is 17.8. The summed E-state index contributed by atoms with van der Waals surface area (Å²) in [4.78, 5) is 10.5. The van der Waals surface area contributed by atoms with Crippen LogP contribution in [0.3, 0.4) is 0 Å². The van der Waals surface area contributed by atoms with Gasteiger partial charge < -0.3 is 15.3 Å². The van der Waals surface area contributed by atoms with Gasteiger partial charge in [-0.1, -0.05) is 57.6 Å². The topological polar surface area (TPSA) is 77.8 Å². The van der Waals surface area contributed by atoms with Gasteiger partial charge in [-0.2, -0.15) is 0 Å². The van der Waals surface area contributed by atoms with Crippen molar-refractivity contribution < 1.29 is 20.1 Å². The van der Waals surface area contributed by atoms with Crippen molar-refractivity contribution in [2.75, 3.05) is 0 Å². The molecule has 1 saturated carbocycles. The molecule has 0 heterocycles. The number of carbonyl (C=O) groups is 1. The van der Waals surface area contributed by atoms with E-state index < -0.39 is 5.97 Å². The van der Waals surface area contributed by atoms with Crippen LogP contribution >= 0.6 is 0 Å². The van der Waals surface area contributed by atoms with E-state index in [1.807, 2.05) is 6.08 Å².